The Morgan fingerprint density at radius 1 is 1.24 bits per heavy atom. The normalized spacial score (nSPS) is 22.0. The third-order valence-electron chi connectivity index (χ3n) is 3.97. The maximum Gasteiger partial charge on any atom is 0.302 e. The first-order chi connectivity index (χ1) is 9.83. The van der Waals surface area contributed by atoms with Crippen molar-refractivity contribution in [3.05, 3.63) is 29.3 Å². The number of fused-ring (bicyclic) bond motifs is 1. The highest BCUT2D eigenvalue weighted by Crippen LogP contribution is 2.31. The molecule has 21 heavy (non-hydrogen) atoms. The molecule has 1 aromatic carbocycles. The lowest BCUT2D eigenvalue weighted by atomic mass is 10.1. The third kappa shape index (κ3) is 2.83. The van der Waals surface area contributed by atoms with Gasteiger partial charge in [-0.15, -0.1) is 3.89 Å². The number of carbonyl (C=O) groups is 2. The molecule has 5 nitrogen and oxygen atoms in total. The van der Waals surface area contributed by atoms with E-state index in [-0.39, 0.29) is 24.7 Å². The van der Waals surface area contributed by atoms with Crippen molar-refractivity contribution in [1.29, 1.82) is 0 Å². The molecule has 1 aromatic rings. The molecular weight excluding hydrogens is 297 g/mol. The lowest BCUT2D eigenvalue weighted by Crippen LogP contribution is -2.25. The number of Topliss-reactive ketones (excluding diaryl/α,β-unsaturated/α-hetero) is 1. The number of aryl methyl sites for hydroxylation is 1. The zero-order valence-corrected chi connectivity index (χ0v) is 12.0. The van der Waals surface area contributed by atoms with E-state index in [1.807, 2.05) is 6.07 Å². The molecule has 2 aliphatic rings. The van der Waals surface area contributed by atoms with E-state index in [0.29, 0.717) is 24.1 Å². The number of hydrogen-bond donors (Lipinski definition) is 0. The maximum atomic E-state index is 12.7. The van der Waals surface area contributed by atoms with Gasteiger partial charge in [-0.2, -0.15) is 8.42 Å². The van der Waals surface area contributed by atoms with Gasteiger partial charge in [0.25, 0.3) is 0 Å². The molecule has 1 amide bonds. The average molecular weight is 311 g/mol. The maximum absolute atomic E-state index is 12.7. The van der Waals surface area contributed by atoms with E-state index >= 15 is 0 Å². The van der Waals surface area contributed by atoms with E-state index in [1.54, 1.807) is 12.1 Å². The molecule has 3 rings (SSSR count). The first kappa shape index (κ1) is 14.2. The Balaban J connectivity index is 1.83. The molecule has 0 bridgehead atoms. The molecule has 1 saturated heterocycles. The van der Waals surface area contributed by atoms with Crippen LogP contribution < -0.4 is 4.90 Å². The van der Waals surface area contributed by atoms with Crippen LogP contribution in [0.15, 0.2) is 18.2 Å². The summed E-state index contributed by atoms with van der Waals surface area (Å²) in [7, 11) is -4.59. The molecule has 7 heteroatoms. The van der Waals surface area contributed by atoms with Crippen LogP contribution in [0.3, 0.4) is 0 Å². The Morgan fingerprint density at radius 3 is 2.71 bits per heavy atom. The van der Waals surface area contributed by atoms with Gasteiger partial charge in [0.05, 0.1) is 5.75 Å². The van der Waals surface area contributed by atoms with Crippen LogP contribution in [0.2, 0.25) is 0 Å². The molecule has 1 fully saturated rings. The van der Waals surface area contributed by atoms with Gasteiger partial charge in [0.2, 0.25) is 5.91 Å². The van der Waals surface area contributed by atoms with E-state index < -0.39 is 21.9 Å². The zero-order valence-electron chi connectivity index (χ0n) is 11.2. The second-order valence-corrected chi connectivity index (χ2v) is 6.96. The molecular formula is C14H14FNO4S. The number of rotatable bonds is 3. The minimum Gasteiger partial charge on any atom is -0.312 e. The van der Waals surface area contributed by atoms with Crippen LogP contribution in [0, 0.1) is 5.92 Å². The number of ketones is 1. The van der Waals surface area contributed by atoms with Crippen molar-refractivity contribution in [3.8, 4) is 0 Å². The minimum atomic E-state index is -4.59. The van der Waals surface area contributed by atoms with Gasteiger partial charge in [0.1, 0.15) is 0 Å². The Hall–Kier alpha value is -1.76. The first-order valence-electron chi connectivity index (χ1n) is 6.72. The summed E-state index contributed by atoms with van der Waals surface area (Å²) in [5.41, 5.74) is 2.17. The van der Waals surface area contributed by atoms with Gasteiger partial charge in [-0.05, 0) is 24.1 Å². The van der Waals surface area contributed by atoms with Gasteiger partial charge < -0.3 is 4.90 Å². The lowest BCUT2D eigenvalue weighted by molar-refractivity contribution is -0.117. The van der Waals surface area contributed by atoms with Gasteiger partial charge in [-0.25, -0.2) is 0 Å². The highest BCUT2D eigenvalue weighted by Gasteiger charge is 2.34. The highest BCUT2D eigenvalue weighted by molar-refractivity contribution is 7.86. The second kappa shape index (κ2) is 4.91. The number of benzene rings is 1. The van der Waals surface area contributed by atoms with Crippen LogP contribution in [-0.4, -0.2) is 32.4 Å². The van der Waals surface area contributed by atoms with Crippen LogP contribution in [0.25, 0.3) is 0 Å². The van der Waals surface area contributed by atoms with Crippen molar-refractivity contribution in [2.24, 2.45) is 5.92 Å². The molecule has 0 aromatic heterocycles. The molecule has 0 N–H and O–H groups in total. The predicted molar refractivity (Wildman–Crippen MR) is 74.4 cm³/mol. The number of carbonyl (C=O) groups excluding carboxylic acids is 2. The smallest absolute Gasteiger partial charge is 0.302 e. The fraction of sp³-hybridized carbons (Fsp3) is 0.429. The summed E-state index contributed by atoms with van der Waals surface area (Å²) in [5, 5.41) is 0. The molecule has 0 saturated carbocycles. The summed E-state index contributed by atoms with van der Waals surface area (Å²) < 4.78 is 34.1. The van der Waals surface area contributed by atoms with E-state index in [2.05, 4.69) is 0 Å². The quantitative estimate of drug-likeness (QED) is 0.793. The minimum absolute atomic E-state index is 0.00812. The van der Waals surface area contributed by atoms with Crippen molar-refractivity contribution >= 4 is 27.6 Å². The summed E-state index contributed by atoms with van der Waals surface area (Å²) in [6.45, 7) is 0.162. The Kier molecular flexibility index (Phi) is 3.32. The molecule has 1 unspecified atom stereocenters. The van der Waals surface area contributed by atoms with E-state index in [1.165, 1.54) is 4.90 Å². The molecule has 1 aliphatic carbocycles. The van der Waals surface area contributed by atoms with Gasteiger partial charge in [-0.1, -0.05) is 6.07 Å². The number of amides is 1. The highest BCUT2D eigenvalue weighted by atomic mass is 32.3. The Labute approximate surface area is 122 Å². The van der Waals surface area contributed by atoms with Crippen molar-refractivity contribution < 1.29 is 21.9 Å². The summed E-state index contributed by atoms with van der Waals surface area (Å²) >= 11 is 0. The molecule has 0 radical (unpaired) electrons. The fourth-order valence-corrected chi connectivity index (χ4v) is 3.80. The van der Waals surface area contributed by atoms with Crippen LogP contribution in [0.5, 0.6) is 0 Å². The summed E-state index contributed by atoms with van der Waals surface area (Å²) in [6, 6.07) is 5.25. The third-order valence-corrected chi connectivity index (χ3v) is 4.84. The molecule has 0 spiro atoms. The molecule has 1 heterocycles. The van der Waals surface area contributed by atoms with Gasteiger partial charge in [0, 0.05) is 36.6 Å². The van der Waals surface area contributed by atoms with Crippen molar-refractivity contribution in [3.63, 3.8) is 0 Å². The van der Waals surface area contributed by atoms with Crippen molar-refractivity contribution in [2.75, 3.05) is 17.2 Å². The largest absolute Gasteiger partial charge is 0.312 e. The molecule has 1 aliphatic heterocycles. The van der Waals surface area contributed by atoms with E-state index in [4.69, 9.17) is 0 Å². The van der Waals surface area contributed by atoms with Gasteiger partial charge in [-0.3, -0.25) is 9.59 Å². The topological polar surface area (TPSA) is 71.5 Å². The summed E-state index contributed by atoms with van der Waals surface area (Å²) in [4.78, 5) is 25.1. The monoisotopic (exact) mass is 311 g/mol. The van der Waals surface area contributed by atoms with Gasteiger partial charge >= 0.3 is 10.2 Å². The average Bonchev–Trinajstić information content (AvgIpc) is 2.91. The number of anilines is 1. The Bertz CT molecular complexity index is 728. The standard InChI is InChI=1S/C14H14FNO4S/c15-21(19,20)8-9-5-14(18)16(7-9)11-3-1-10-2-4-13(17)12(10)6-11/h1,3,6,9H,2,4-5,7-8H2. The van der Waals surface area contributed by atoms with E-state index in [9.17, 15) is 21.9 Å². The molecule has 112 valence electrons. The van der Waals surface area contributed by atoms with Gasteiger partial charge in [0.15, 0.2) is 5.78 Å². The van der Waals surface area contributed by atoms with Crippen molar-refractivity contribution in [1.82, 2.24) is 0 Å². The SMILES string of the molecule is O=C1CCc2ccc(N3CC(CS(=O)(=O)F)CC3=O)cc21. The fourth-order valence-electron chi connectivity index (χ4n) is 3.02. The Morgan fingerprint density at radius 2 is 2.00 bits per heavy atom. The predicted octanol–water partition coefficient (Wildman–Crippen LogP) is 1.47. The summed E-state index contributed by atoms with van der Waals surface area (Å²) in [6.07, 6.45) is 1.20. The van der Waals surface area contributed by atoms with Crippen molar-refractivity contribution in [2.45, 2.75) is 19.3 Å². The van der Waals surface area contributed by atoms with E-state index in [0.717, 1.165) is 5.56 Å². The van der Waals surface area contributed by atoms with Crippen LogP contribution in [0.1, 0.15) is 28.8 Å². The van der Waals surface area contributed by atoms with Crippen LogP contribution >= 0.6 is 0 Å². The second-order valence-electron chi connectivity index (χ2n) is 5.54. The van der Waals surface area contributed by atoms with Crippen LogP contribution in [-0.2, 0) is 21.4 Å². The lowest BCUT2D eigenvalue weighted by Gasteiger charge is -2.17. The number of halogens is 1. The number of nitrogens with zero attached hydrogens (tertiary/aromatic N) is 1. The van der Waals surface area contributed by atoms with Crippen LogP contribution in [0.4, 0.5) is 9.57 Å². The summed E-state index contributed by atoms with van der Waals surface area (Å²) in [5.74, 6) is -1.37. The zero-order chi connectivity index (χ0) is 15.2. The molecule has 1 atom stereocenters. The number of hydrogen-bond acceptors (Lipinski definition) is 4. The first-order valence-corrected chi connectivity index (χ1v) is 8.27.